The summed E-state index contributed by atoms with van der Waals surface area (Å²) in [5, 5.41) is 3.52. The summed E-state index contributed by atoms with van der Waals surface area (Å²) in [6.45, 7) is 12.7. The van der Waals surface area contributed by atoms with E-state index in [1.54, 1.807) is 0 Å². The van der Waals surface area contributed by atoms with Crippen LogP contribution in [0.25, 0.3) is 0 Å². The van der Waals surface area contributed by atoms with Gasteiger partial charge in [-0.1, -0.05) is 6.92 Å². The number of nitrogens with one attached hydrogen (secondary N) is 1. The Morgan fingerprint density at radius 3 is 2.50 bits per heavy atom. The number of hydrogen-bond acceptors (Lipinski definition) is 3. The number of aryl methyl sites for hydroxylation is 1. The van der Waals surface area contributed by atoms with Gasteiger partial charge in [0, 0.05) is 31.4 Å². The first kappa shape index (κ1) is 15.0. The Morgan fingerprint density at radius 1 is 1.28 bits per heavy atom. The van der Waals surface area contributed by atoms with Gasteiger partial charge in [-0.2, -0.15) is 0 Å². The second-order valence-corrected chi connectivity index (χ2v) is 6.00. The monoisotopic (exact) mass is 249 g/mol. The lowest BCUT2D eigenvalue weighted by molar-refractivity contribution is 0.424. The van der Waals surface area contributed by atoms with Gasteiger partial charge in [-0.15, -0.1) is 0 Å². The number of rotatable bonds is 5. The van der Waals surface area contributed by atoms with Gasteiger partial charge >= 0.3 is 0 Å². The average molecular weight is 249 g/mol. The zero-order chi connectivity index (χ0) is 13.8. The summed E-state index contributed by atoms with van der Waals surface area (Å²) in [6, 6.07) is 4.34. The predicted octanol–water partition coefficient (Wildman–Crippen LogP) is 3.12. The molecule has 1 heterocycles. The van der Waals surface area contributed by atoms with Crippen molar-refractivity contribution in [2.24, 2.45) is 0 Å². The van der Waals surface area contributed by atoms with Gasteiger partial charge in [-0.3, -0.25) is 0 Å². The molecular formula is C15H27N3. The molecule has 0 unspecified atom stereocenters. The SMILES string of the molecule is CCCN(C)c1cc(CNC(C)(C)C)cc(C)n1. The lowest BCUT2D eigenvalue weighted by atomic mass is 10.1. The van der Waals surface area contributed by atoms with E-state index in [4.69, 9.17) is 0 Å². The summed E-state index contributed by atoms with van der Waals surface area (Å²) >= 11 is 0. The van der Waals surface area contributed by atoms with Crippen molar-refractivity contribution in [1.29, 1.82) is 0 Å². The molecule has 3 nitrogen and oxygen atoms in total. The third kappa shape index (κ3) is 5.05. The van der Waals surface area contributed by atoms with Gasteiger partial charge in [0.25, 0.3) is 0 Å². The molecule has 0 aliphatic rings. The zero-order valence-corrected chi connectivity index (χ0v) is 12.7. The van der Waals surface area contributed by atoms with E-state index in [1.807, 2.05) is 0 Å². The fourth-order valence-electron chi connectivity index (χ4n) is 1.84. The Labute approximate surface area is 112 Å². The maximum atomic E-state index is 4.59. The van der Waals surface area contributed by atoms with Crippen molar-refractivity contribution < 1.29 is 0 Å². The summed E-state index contributed by atoms with van der Waals surface area (Å²) < 4.78 is 0. The molecule has 102 valence electrons. The van der Waals surface area contributed by atoms with Gasteiger partial charge in [0.15, 0.2) is 0 Å². The van der Waals surface area contributed by atoms with Crippen LogP contribution in [0.2, 0.25) is 0 Å². The summed E-state index contributed by atoms with van der Waals surface area (Å²) in [5.74, 6) is 1.07. The van der Waals surface area contributed by atoms with Crippen molar-refractivity contribution in [2.45, 2.75) is 53.1 Å². The topological polar surface area (TPSA) is 28.2 Å². The van der Waals surface area contributed by atoms with Crippen LogP contribution in [0.15, 0.2) is 12.1 Å². The highest BCUT2D eigenvalue weighted by Crippen LogP contribution is 2.15. The predicted molar refractivity (Wildman–Crippen MR) is 79.1 cm³/mol. The molecule has 0 aliphatic heterocycles. The van der Waals surface area contributed by atoms with Gasteiger partial charge in [-0.25, -0.2) is 4.98 Å². The molecule has 3 heteroatoms. The molecule has 1 rings (SSSR count). The minimum Gasteiger partial charge on any atom is -0.360 e. The fourth-order valence-corrected chi connectivity index (χ4v) is 1.84. The van der Waals surface area contributed by atoms with Crippen molar-refractivity contribution in [2.75, 3.05) is 18.5 Å². The Bertz CT molecular complexity index is 380. The Hall–Kier alpha value is -1.09. The van der Waals surface area contributed by atoms with E-state index in [9.17, 15) is 0 Å². The number of aromatic nitrogens is 1. The zero-order valence-electron chi connectivity index (χ0n) is 12.7. The molecule has 0 aliphatic carbocycles. The highest BCUT2D eigenvalue weighted by Gasteiger charge is 2.10. The van der Waals surface area contributed by atoms with E-state index in [0.29, 0.717) is 0 Å². The minimum absolute atomic E-state index is 0.145. The normalized spacial score (nSPS) is 11.7. The first-order valence-electron chi connectivity index (χ1n) is 6.75. The second kappa shape index (κ2) is 6.19. The second-order valence-electron chi connectivity index (χ2n) is 6.00. The summed E-state index contributed by atoms with van der Waals surface area (Å²) in [5.41, 5.74) is 2.53. The van der Waals surface area contributed by atoms with Crippen LogP contribution in [-0.2, 0) is 6.54 Å². The standard InChI is InChI=1S/C15H27N3/c1-7-8-18(6)14-10-13(9-12(2)17-14)11-16-15(3,4)5/h9-10,16H,7-8,11H2,1-6H3. The highest BCUT2D eigenvalue weighted by molar-refractivity contribution is 5.41. The van der Waals surface area contributed by atoms with Crippen LogP contribution in [0.1, 0.15) is 45.4 Å². The minimum atomic E-state index is 0.145. The summed E-state index contributed by atoms with van der Waals surface area (Å²) in [6.07, 6.45) is 1.14. The third-order valence-electron chi connectivity index (χ3n) is 2.77. The molecule has 1 aromatic rings. The van der Waals surface area contributed by atoms with Crippen LogP contribution in [0.3, 0.4) is 0 Å². The number of anilines is 1. The highest BCUT2D eigenvalue weighted by atomic mass is 15.2. The molecule has 1 aromatic heterocycles. The molecule has 0 fully saturated rings. The van der Waals surface area contributed by atoms with E-state index < -0.39 is 0 Å². The molecule has 0 saturated heterocycles. The van der Waals surface area contributed by atoms with Crippen LogP contribution in [0.4, 0.5) is 5.82 Å². The van der Waals surface area contributed by atoms with Crippen molar-refractivity contribution in [1.82, 2.24) is 10.3 Å². The third-order valence-corrected chi connectivity index (χ3v) is 2.77. The van der Waals surface area contributed by atoms with Crippen molar-refractivity contribution in [3.63, 3.8) is 0 Å². The quantitative estimate of drug-likeness (QED) is 0.869. The number of pyridine rings is 1. The number of nitrogens with zero attached hydrogens (tertiary/aromatic N) is 2. The maximum Gasteiger partial charge on any atom is 0.128 e. The van der Waals surface area contributed by atoms with E-state index in [-0.39, 0.29) is 5.54 Å². The Kier molecular flexibility index (Phi) is 5.15. The fraction of sp³-hybridized carbons (Fsp3) is 0.667. The van der Waals surface area contributed by atoms with Crippen LogP contribution in [-0.4, -0.2) is 24.1 Å². The van der Waals surface area contributed by atoms with Gasteiger partial charge < -0.3 is 10.2 Å². The smallest absolute Gasteiger partial charge is 0.128 e. The molecule has 0 bridgehead atoms. The lowest BCUT2D eigenvalue weighted by Crippen LogP contribution is -2.35. The van der Waals surface area contributed by atoms with Gasteiger partial charge in [-0.05, 0) is 51.8 Å². The molecule has 18 heavy (non-hydrogen) atoms. The molecule has 0 spiro atoms. The molecule has 0 amide bonds. The van der Waals surface area contributed by atoms with Crippen LogP contribution < -0.4 is 10.2 Å². The van der Waals surface area contributed by atoms with E-state index in [0.717, 1.165) is 31.0 Å². The van der Waals surface area contributed by atoms with Crippen molar-refractivity contribution in [3.8, 4) is 0 Å². The molecule has 1 N–H and O–H groups in total. The lowest BCUT2D eigenvalue weighted by Gasteiger charge is -2.22. The molecule has 0 saturated carbocycles. The molecule has 0 atom stereocenters. The Morgan fingerprint density at radius 2 is 1.94 bits per heavy atom. The van der Waals surface area contributed by atoms with Gasteiger partial charge in [0.1, 0.15) is 5.82 Å². The summed E-state index contributed by atoms with van der Waals surface area (Å²) in [7, 11) is 2.10. The first-order valence-corrected chi connectivity index (χ1v) is 6.75. The largest absolute Gasteiger partial charge is 0.360 e. The van der Waals surface area contributed by atoms with Gasteiger partial charge in [0.2, 0.25) is 0 Å². The van der Waals surface area contributed by atoms with E-state index in [2.05, 4.69) is 69.0 Å². The average Bonchev–Trinajstić information content (AvgIpc) is 2.25. The van der Waals surface area contributed by atoms with Crippen LogP contribution in [0.5, 0.6) is 0 Å². The maximum absolute atomic E-state index is 4.59. The van der Waals surface area contributed by atoms with Crippen molar-refractivity contribution in [3.05, 3.63) is 23.4 Å². The van der Waals surface area contributed by atoms with E-state index in [1.165, 1.54) is 5.56 Å². The summed E-state index contributed by atoms with van der Waals surface area (Å²) in [4.78, 5) is 6.81. The Balaban J connectivity index is 2.80. The molecular weight excluding hydrogens is 222 g/mol. The first-order chi connectivity index (χ1) is 8.31. The van der Waals surface area contributed by atoms with Crippen molar-refractivity contribution >= 4 is 5.82 Å². The van der Waals surface area contributed by atoms with Crippen LogP contribution in [0, 0.1) is 6.92 Å². The van der Waals surface area contributed by atoms with Gasteiger partial charge in [0.05, 0.1) is 0 Å². The van der Waals surface area contributed by atoms with Crippen LogP contribution >= 0.6 is 0 Å². The molecule has 0 radical (unpaired) electrons. The number of hydrogen-bond donors (Lipinski definition) is 1. The van der Waals surface area contributed by atoms with E-state index >= 15 is 0 Å². The molecule has 0 aromatic carbocycles.